The minimum atomic E-state index is -0.673. The van der Waals surface area contributed by atoms with Crippen LogP contribution in [0.15, 0.2) is 18.2 Å². The molecular formula is C15H23ClN4O4. The van der Waals surface area contributed by atoms with Gasteiger partial charge in [-0.15, -0.1) is 0 Å². The number of nitrogens with one attached hydrogen (secondary N) is 3. The van der Waals surface area contributed by atoms with Gasteiger partial charge in [-0.3, -0.25) is 10.1 Å². The van der Waals surface area contributed by atoms with Crippen LogP contribution in [-0.2, 0) is 9.53 Å². The number of amides is 2. The van der Waals surface area contributed by atoms with Crippen LogP contribution in [0, 0.1) is 0 Å². The molecule has 0 saturated carbocycles. The zero-order valence-electron chi connectivity index (χ0n) is 13.8. The molecule has 0 aromatic heterocycles. The summed E-state index contributed by atoms with van der Waals surface area (Å²) in [5, 5.41) is 18.3. The van der Waals surface area contributed by atoms with Gasteiger partial charge in [0.2, 0.25) is 0 Å². The molecule has 0 aliphatic carbocycles. The Hall–Kier alpha value is -2.03. The number of ether oxygens (including phenoxy) is 1. The minimum absolute atomic E-state index is 0. The lowest BCUT2D eigenvalue weighted by atomic mass is 10.2. The van der Waals surface area contributed by atoms with Crippen LogP contribution in [0.5, 0.6) is 5.75 Å². The molecule has 0 atom stereocenters. The third kappa shape index (κ3) is 5.55. The zero-order valence-corrected chi connectivity index (χ0v) is 14.5. The smallest absolute Gasteiger partial charge is 0.411 e. The second-order valence-corrected chi connectivity index (χ2v) is 5.87. The Balaban J connectivity index is 0.00000288. The maximum atomic E-state index is 12.2. The van der Waals surface area contributed by atoms with Crippen molar-refractivity contribution in [3.8, 4) is 5.75 Å². The molecule has 1 saturated heterocycles. The van der Waals surface area contributed by atoms with E-state index < -0.39 is 6.09 Å². The molecule has 24 heavy (non-hydrogen) atoms. The van der Waals surface area contributed by atoms with Crippen molar-refractivity contribution in [1.82, 2.24) is 5.32 Å². The Bertz CT molecular complexity index is 591. The van der Waals surface area contributed by atoms with Crippen molar-refractivity contribution in [2.45, 2.75) is 0 Å². The van der Waals surface area contributed by atoms with Crippen LogP contribution >= 0.6 is 0 Å². The van der Waals surface area contributed by atoms with Gasteiger partial charge in [0.1, 0.15) is 5.75 Å². The van der Waals surface area contributed by atoms with Gasteiger partial charge in [0, 0.05) is 24.8 Å². The number of halogens is 1. The molecule has 1 aliphatic rings. The number of phenolic OH excluding ortho intramolecular Hbond substituents is 1. The summed E-state index contributed by atoms with van der Waals surface area (Å²) in [5.74, 6) is -0.252. The number of methoxy groups -OCH3 is 1. The number of benzene rings is 1. The molecule has 4 N–H and O–H groups in total. The fraction of sp³-hybridized carbons (Fsp3) is 0.467. The van der Waals surface area contributed by atoms with Gasteiger partial charge in [0.15, 0.2) is 6.54 Å². The Morgan fingerprint density at radius 3 is 2.54 bits per heavy atom. The Morgan fingerprint density at radius 1 is 1.29 bits per heavy atom. The topological polar surface area (TPSA) is 99.7 Å². The number of nitrogens with zero attached hydrogens (tertiary/aromatic N) is 1. The quantitative estimate of drug-likeness (QED) is 0.354. The second kappa shape index (κ2) is 8.72. The van der Waals surface area contributed by atoms with E-state index in [0.717, 1.165) is 26.2 Å². The van der Waals surface area contributed by atoms with E-state index in [-0.39, 0.29) is 29.8 Å². The van der Waals surface area contributed by atoms with Crippen LogP contribution < -0.4 is 28.4 Å². The molecule has 9 heteroatoms. The number of phenols is 1. The Labute approximate surface area is 147 Å². The van der Waals surface area contributed by atoms with Crippen molar-refractivity contribution < 1.29 is 36.3 Å². The minimum Gasteiger partial charge on any atom is -1.00 e. The predicted molar refractivity (Wildman–Crippen MR) is 86.4 cm³/mol. The van der Waals surface area contributed by atoms with Gasteiger partial charge in [-0.2, -0.15) is 0 Å². The summed E-state index contributed by atoms with van der Waals surface area (Å²) in [4.78, 5) is 23.3. The van der Waals surface area contributed by atoms with Gasteiger partial charge < -0.3 is 37.4 Å². The van der Waals surface area contributed by atoms with Crippen LogP contribution in [0.1, 0.15) is 0 Å². The lowest BCUT2D eigenvalue weighted by molar-refractivity contribution is -0.903. The van der Waals surface area contributed by atoms with Crippen molar-refractivity contribution in [1.29, 1.82) is 0 Å². The lowest BCUT2D eigenvalue weighted by Crippen LogP contribution is -3.00. The molecule has 1 aromatic carbocycles. The maximum Gasteiger partial charge on any atom is 0.411 e. The summed E-state index contributed by atoms with van der Waals surface area (Å²) >= 11 is 0. The van der Waals surface area contributed by atoms with E-state index in [1.165, 1.54) is 19.2 Å². The number of carbonyl (C=O) groups excluding carboxylic acids is 2. The largest absolute Gasteiger partial charge is 1.00 e. The van der Waals surface area contributed by atoms with E-state index in [9.17, 15) is 14.7 Å². The van der Waals surface area contributed by atoms with Gasteiger partial charge >= 0.3 is 6.09 Å². The van der Waals surface area contributed by atoms with Crippen molar-refractivity contribution >= 4 is 23.4 Å². The van der Waals surface area contributed by atoms with E-state index in [0.29, 0.717) is 16.7 Å². The fourth-order valence-corrected chi connectivity index (χ4v) is 2.52. The number of hydrogen-bond donors (Lipinski definition) is 4. The monoisotopic (exact) mass is 358 g/mol. The molecule has 2 amide bonds. The number of anilines is 2. The third-order valence-corrected chi connectivity index (χ3v) is 3.89. The molecule has 1 aromatic rings. The van der Waals surface area contributed by atoms with Crippen LogP contribution in [0.2, 0.25) is 0 Å². The normalized spacial score (nSPS) is 15.8. The molecule has 8 nitrogen and oxygen atoms in total. The standard InChI is InChI=1S/C15H22N4O4.ClH/c1-19(7-5-16-6-8-19)10-14(21)17-11-3-4-12(13(20)9-11)18-15(22)23-2;/h3-4,9,16H,5-8,10H2,1-2H3,(H2-,17,18,20,21,22);1H. The Kier molecular flexibility index (Phi) is 7.27. The van der Waals surface area contributed by atoms with Gasteiger partial charge in [-0.25, -0.2) is 4.79 Å². The van der Waals surface area contributed by atoms with Crippen LogP contribution in [0.3, 0.4) is 0 Å². The first-order chi connectivity index (χ1) is 10.9. The molecule has 1 heterocycles. The summed E-state index contributed by atoms with van der Waals surface area (Å²) in [5.41, 5.74) is 0.695. The predicted octanol–water partition coefficient (Wildman–Crippen LogP) is -2.44. The van der Waals surface area contributed by atoms with Crippen molar-refractivity contribution in [2.75, 3.05) is 57.5 Å². The first-order valence-electron chi connectivity index (χ1n) is 7.44. The van der Waals surface area contributed by atoms with Gasteiger partial charge in [-0.1, -0.05) is 0 Å². The molecule has 0 spiro atoms. The molecule has 0 unspecified atom stereocenters. The lowest BCUT2D eigenvalue weighted by Gasteiger charge is -2.37. The average molecular weight is 359 g/mol. The van der Waals surface area contributed by atoms with Crippen LogP contribution in [0.4, 0.5) is 16.2 Å². The van der Waals surface area contributed by atoms with Crippen LogP contribution in [-0.4, -0.2) is 68.5 Å². The number of quaternary nitrogens is 1. The highest BCUT2D eigenvalue weighted by molar-refractivity contribution is 5.93. The van der Waals surface area contributed by atoms with Crippen molar-refractivity contribution in [2.24, 2.45) is 0 Å². The number of likely N-dealkylation sites (N-methyl/N-ethyl adjacent to an activating group) is 1. The third-order valence-electron chi connectivity index (χ3n) is 3.89. The summed E-state index contributed by atoms with van der Waals surface area (Å²) in [6, 6.07) is 4.50. The van der Waals surface area contributed by atoms with E-state index in [2.05, 4.69) is 27.7 Å². The molecular weight excluding hydrogens is 336 g/mol. The van der Waals surface area contributed by atoms with Gasteiger partial charge in [0.25, 0.3) is 5.91 Å². The Morgan fingerprint density at radius 2 is 1.96 bits per heavy atom. The SMILES string of the molecule is COC(=O)Nc1ccc(NC(=O)C[N+]2(C)CCNCC2)cc1O.[Cl-]. The van der Waals surface area contributed by atoms with Crippen LogP contribution in [0.25, 0.3) is 0 Å². The number of carbonyl (C=O) groups is 2. The first kappa shape index (κ1) is 20.0. The molecule has 134 valence electrons. The number of hydrogen-bond acceptors (Lipinski definition) is 5. The van der Waals surface area contributed by atoms with Gasteiger partial charge in [-0.05, 0) is 12.1 Å². The highest BCUT2D eigenvalue weighted by Gasteiger charge is 2.27. The summed E-state index contributed by atoms with van der Waals surface area (Å²) < 4.78 is 5.15. The molecule has 2 rings (SSSR count). The average Bonchev–Trinajstić information content (AvgIpc) is 2.50. The zero-order chi connectivity index (χ0) is 16.9. The first-order valence-corrected chi connectivity index (χ1v) is 7.44. The highest BCUT2D eigenvalue weighted by atomic mass is 35.5. The summed E-state index contributed by atoms with van der Waals surface area (Å²) in [6.07, 6.45) is -0.673. The van der Waals surface area contributed by atoms with Gasteiger partial charge in [0.05, 0.1) is 32.9 Å². The summed E-state index contributed by atoms with van der Waals surface area (Å²) in [6.45, 7) is 3.99. The van der Waals surface area contributed by atoms with Crippen molar-refractivity contribution in [3.05, 3.63) is 18.2 Å². The van der Waals surface area contributed by atoms with E-state index in [1.54, 1.807) is 6.07 Å². The van der Waals surface area contributed by atoms with E-state index in [1.807, 2.05) is 0 Å². The summed E-state index contributed by atoms with van der Waals surface area (Å²) in [7, 11) is 3.29. The second-order valence-electron chi connectivity index (χ2n) is 5.87. The molecule has 1 fully saturated rings. The fourth-order valence-electron chi connectivity index (χ4n) is 2.52. The number of aromatic hydroxyl groups is 1. The maximum absolute atomic E-state index is 12.2. The molecule has 1 aliphatic heterocycles. The number of rotatable bonds is 4. The van der Waals surface area contributed by atoms with Crippen molar-refractivity contribution in [3.63, 3.8) is 0 Å². The van der Waals surface area contributed by atoms with E-state index in [4.69, 9.17) is 0 Å². The molecule has 0 bridgehead atoms. The highest BCUT2D eigenvalue weighted by Crippen LogP contribution is 2.27. The number of piperazine rings is 1. The molecule has 0 radical (unpaired) electrons. The van der Waals surface area contributed by atoms with E-state index >= 15 is 0 Å².